The molecule has 0 bridgehead atoms. The topological polar surface area (TPSA) is 46.5 Å². The minimum atomic E-state index is -0.820. The van der Waals surface area contributed by atoms with Crippen molar-refractivity contribution in [2.45, 2.75) is 36.8 Å². The van der Waals surface area contributed by atoms with Crippen LogP contribution in [0.25, 0.3) is 0 Å². The number of carboxylic acid groups (broad SMARTS) is 1. The van der Waals surface area contributed by atoms with E-state index in [1.54, 1.807) is 21.0 Å². The smallest absolute Gasteiger partial charge is 0.319 e. The Bertz CT molecular complexity index is 413. The largest absolute Gasteiger partial charge is 0.496 e. The van der Waals surface area contributed by atoms with Crippen molar-refractivity contribution in [3.63, 3.8) is 0 Å². The van der Waals surface area contributed by atoms with Crippen LogP contribution in [-0.2, 0) is 11.2 Å². The zero-order valence-corrected chi connectivity index (χ0v) is 11.4. The molecular formula is C13H18O3S. The molecule has 0 fully saturated rings. The summed E-state index contributed by atoms with van der Waals surface area (Å²) in [5.41, 5.74) is 1.10. The third-order valence-corrected chi connectivity index (χ3v) is 3.70. The van der Waals surface area contributed by atoms with Gasteiger partial charge in [0.15, 0.2) is 0 Å². The Balaban J connectivity index is 2.97. The highest BCUT2D eigenvalue weighted by atomic mass is 32.2. The van der Waals surface area contributed by atoms with Crippen LogP contribution in [0.4, 0.5) is 0 Å². The second-order valence-electron chi connectivity index (χ2n) is 4.24. The molecule has 1 aromatic rings. The zero-order chi connectivity index (χ0) is 13.1. The molecule has 0 aliphatic heterocycles. The lowest BCUT2D eigenvalue weighted by Gasteiger charge is -2.19. The Labute approximate surface area is 106 Å². The zero-order valence-electron chi connectivity index (χ0n) is 10.6. The second-order valence-corrected chi connectivity index (χ2v) is 5.94. The first-order valence-electron chi connectivity index (χ1n) is 5.50. The van der Waals surface area contributed by atoms with Crippen LogP contribution in [0.1, 0.15) is 26.3 Å². The van der Waals surface area contributed by atoms with Crippen LogP contribution in [0.3, 0.4) is 0 Å². The van der Waals surface area contributed by atoms with Crippen molar-refractivity contribution in [3.05, 3.63) is 23.8 Å². The number of carboxylic acids is 1. The quantitative estimate of drug-likeness (QED) is 0.820. The third-order valence-electron chi connectivity index (χ3n) is 2.52. The summed E-state index contributed by atoms with van der Waals surface area (Å²) in [7, 11) is 1.64. The molecule has 1 N–H and O–H groups in total. The maximum atomic E-state index is 11.1. The number of thioether (sulfide) groups is 1. The molecule has 1 rings (SSSR count). The van der Waals surface area contributed by atoms with Gasteiger partial charge in [0.25, 0.3) is 0 Å². The SMILES string of the molecule is CCc1cc(SC(C)(C)C(=O)O)ccc1OC. The van der Waals surface area contributed by atoms with Gasteiger partial charge in [0.2, 0.25) is 0 Å². The molecule has 0 unspecified atom stereocenters. The van der Waals surface area contributed by atoms with E-state index in [4.69, 9.17) is 9.84 Å². The van der Waals surface area contributed by atoms with Crippen molar-refractivity contribution in [3.8, 4) is 5.75 Å². The minimum absolute atomic E-state index is 0.809. The first-order chi connectivity index (χ1) is 7.90. The molecule has 0 aromatic heterocycles. The summed E-state index contributed by atoms with van der Waals surface area (Å²) < 4.78 is 4.42. The van der Waals surface area contributed by atoms with E-state index in [1.807, 2.05) is 18.2 Å². The number of ether oxygens (including phenoxy) is 1. The van der Waals surface area contributed by atoms with E-state index in [1.165, 1.54) is 11.8 Å². The molecule has 0 heterocycles. The van der Waals surface area contributed by atoms with E-state index in [-0.39, 0.29) is 0 Å². The van der Waals surface area contributed by atoms with Crippen molar-refractivity contribution in [1.29, 1.82) is 0 Å². The van der Waals surface area contributed by atoms with Crippen molar-refractivity contribution >= 4 is 17.7 Å². The van der Waals surface area contributed by atoms with Crippen LogP contribution in [0, 0.1) is 0 Å². The summed E-state index contributed by atoms with van der Waals surface area (Å²) in [5.74, 6) is 0.0429. The predicted molar refractivity (Wildman–Crippen MR) is 69.9 cm³/mol. The molecule has 0 aliphatic rings. The van der Waals surface area contributed by atoms with Crippen LogP contribution in [-0.4, -0.2) is 22.9 Å². The normalized spacial score (nSPS) is 11.3. The van der Waals surface area contributed by atoms with E-state index in [2.05, 4.69) is 6.92 Å². The van der Waals surface area contributed by atoms with Crippen molar-refractivity contribution in [2.75, 3.05) is 7.11 Å². The Kier molecular flexibility index (Phi) is 4.46. The van der Waals surface area contributed by atoms with Gasteiger partial charge in [0, 0.05) is 4.90 Å². The molecule has 0 saturated heterocycles. The number of methoxy groups -OCH3 is 1. The monoisotopic (exact) mass is 254 g/mol. The van der Waals surface area contributed by atoms with Gasteiger partial charge >= 0.3 is 5.97 Å². The van der Waals surface area contributed by atoms with Crippen LogP contribution < -0.4 is 4.74 Å². The molecule has 0 spiro atoms. The number of rotatable bonds is 5. The fourth-order valence-corrected chi connectivity index (χ4v) is 2.45. The van der Waals surface area contributed by atoms with Crippen molar-refractivity contribution in [1.82, 2.24) is 0 Å². The molecule has 94 valence electrons. The first-order valence-corrected chi connectivity index (χ1v) is 6.31. The number of benzene rings is 1. The summed E-state index contributed by atoms with van der Waals surface area (Å²) in [5, 5.41) is 9.08. The Morgan fingerprint density at radius 1 is 1.47 bits per heavy atom. The highest BCUT2D eigenvalue weighted by molar-refractivity contribution is 8.01. The number of hydrogen-bond acceptors (Lipinski definition) is 3. The highest BCUT2D eigenvalue weighted by Gasteiger charge is 2.28. The average molecular weight is 254 g/mol. The Morgan fingerprint density at radius 3 is 2.59 bits per heavy atom. The average Bonchev–Trinajstić information content (AvgIpc) is 2.28. The van der Waals surface area contributed by atoms with Gasteiger partial charge < -0.3 is 9.84 Å². The maximum absolute atomic E-state index is 11.1. The van der Waals surface area contributed by atoms with Gasteiger partial charge in [-0.3, -0.25) is 4.79 Å². The lowest BCUT2D eigenvalue weighted by molar-refractivity contribution is -0.138. The van der Waals surface area contributed by atoms with Gasteiger partial charge in [-0.1, -0.05) is 6.92 Å². The molecule has 0 atom stereocenters. The molecular weight excluding hydrogens is 236 g/mol. The van der Waals surface area contributed by atoms with Gasteiger partial charge in [-0.2, -0.15) is 0 Å². The van der Waals surface area contributed by atoms with Gasteiger partial charge in [-0.15, -0.1) is 11.8 Å². The Morgan fingerprint density at radius 2 is 2.12 bits per heavy atom. The molecule has 0 radical (unpaired) electrons. The van der Waals surface area contributed by atoms with Crippen LogP contribution >= 0.6 is 11.8 Å². The highest BCUT2D eigenvalue weighted by Crippen LogP contribution is 2.35. The molecule has 3 nitrogen and oxygen atoms in total. The lowest BCUT2D eigenvalue weighted by atomic mass is 10.1. The van der Waals surface area contributed by atoms with E-state index in [9.17, 15) is 4.79 Å². The molecule has 0 aliphatic carbocycles. The summed E-state index contributed by atoms with van der Waals surface area (Å²) in [4.78, 5) is 12.0. The van der Waals surface area contributed by atoms with Gasteiger partial charge in [-0.25, -0.2) is 0 Å². The van der Waals surface area contributed by atoms with E-state index in [0.29, 0.717) is 0 Å². The number of aryl methyl sites for hydroxylation is 1. The molecule has 0 amide bonds. The third kappa shape index (κ3) is 3.40. The van der Waals surface area contributed by atoms with Crippen LogP contribution in [0.15, 0.2) is 23.1 Å². The summed E-state index contributed by atoms with van der Waals surface area (Å²) in [6.07, 6.45) is 0.866. The van der Waals surface area contributed by atoms with Gasteiger partial charge in [0.1, 0.15) is 10.5 Å². The summed E-state index contributed by atoms with van der Waals surface area (Å²) in [6.45, 7) is 5.46. The first kappa shape index (κ1) is 13.9. The predicted octanol–water partition coefficient (Wildman–Crippen LogP) is 3.21. The minimum Gasteiger partial charge on any atom is -0.496 e. The standard InChI is InChI=1S/C13H18O3S/c1-5-9-8-10(6-7-11(9)16-4)17-13(2,3)12(14)15/h6-8H,5H2,1-4H3,(H,14,15). The lowest BCUT2D eigenvalue weighted by Crippen LogP contribution is -2.26. The fraction of sp³-hybridized carbons (Fsp3) is 0.462. The van der Waals surface area contributed by atoms with Crippen molar-refractivity contribution < 1.29 is 14.6 Å². The summed E-state index contributed by atoms with van der Waals surface area (Å²) in [6, 6.07) is 5.78. The summed E-state index contributed by atoms with van der Waals surface area (Å²) >= 11 is 1.35. The molecule has 17 heavy (non-hydrogen) atoms. The van der Waals surface area contributed by atoms with Gasteiger partial charge in [-0.05, 0) is 44.0 Å². The Hall–Kier alpha value is -1.16. The van der Waals surface area contributed by atoms with E-state index >= 15 is 0 Å². The molecule has 4 heteroatoms. The maximum Gasteiger partial charge on any atom is 0.319 e. The number of aliphatic carboxylic acids is 1. The number of carbonyl (C=O) groups is 1. The fourth-order valence-electron chi connectivity index (χ4n) is 1.43. The van der Waals surface area contributed by atoms with Crippen LogP contribution in [0.2, 0.25) is 0 Å². The van der Waals surface area contributed by atoms with E-state index < -0.39 is 10.7 Å². The molecule has 1 aromatic carbocycles. The number of hydrogen-bond donors (Lipinski definition) is 1. The van der Waals surface area contributed by atoms with Crippen LogP contribution in [0.5, 0.6) is 5.75 Å². The molecule has 0 saturated carbocycles. The second kappa shape index (κ2) is 5.45. The van der Waals surface area contributed by atoms with Gasteiger partial charge in [0.05, 0.1) is 7.11 Å². The van der Waals surface area contributed by atoms with Crippen molar-refractivity contribution in [2.24, 2.45) is 0 Å². The van der Waals surface area contributed by atoms with E-state index in [0.717, 1.165) is 22.6 Å².